The fraction of sp³-hybridized carbons (Fsp3) is 0.133. The van der Waals surface area contributed by atoms with Gasteiger partial charge >= 0.3 is 0 Å². The summed E-state index contributed by atoms with van der Waals surface area (Å²) in [4.78, 5) is 4.58. The van der Waals surface area contributed by atoms with E-state index in [0.717, 1.165) is 28.1 Å². The van der Waals surface area contributed by atoms with Gasteiger partial charge in [0.15, 0.2) is 0 Å². The fourth-order valence-electron chi connectivity index (χ4n) is 2.33. The third-order valence-electron chi connectivity index (χ3n) is 3.23. The molecule has 0 spiro atoms. The number of para-hydroxylation sites is 1. The molecule has 1 aromatic heterocycles. The first kappa shape index (κ1) is 13.7. The second-order valence-electron chi connectivity index (χ2n) is 4.54. The number of aryl methyl sites for hydroxylation is 1. The highest BCUT2D eigenvalue weighted by Crippen LogP contribution is 2.29. The number of imidazole rings is 1. The lowest BCUT2D eigenvalue weighted by atomic mass is 10.2. The largest absolute Gasteiger partial charge is 0.295 e. The highest BCUT2D eigenvalue weighted by molar-refractivity contribution is 6.42. The van der Waals surface area contributed by atoms with E-state index in [0.29, 0.717) is 15.9 Å². The van der Waals surface area contributed by atoms with Crippen molar-refractivity contribution in [1.82, 2.24) is 9.55 Å². The van der Waals surface area contributed by atoms with Gasteiger partial charge in [0.05, 0.1) is 27.0 Å². The summed E-state index contributed by atoms with van der Waals surface area (Å²) in [6.45, 7) is 2.05. The van der Waals surface area contributed by atoms with Crippen LogP contribution in [0.3, 0.4) is 0 Å². The highest BCUT2D eigenvalue weighted by Gasteiger charge is 2.14. The Morgan fingerprint density at radius 2 is 1.90 bits per heavy atom. The normalized spacial score (nSPS) is 11.2. The number of alkyl halides is 1. The average Bonchev–Trinajstić information content (AvgIpc) is 2.82. The Morgan fingerprint density at radius 3 is 2.60 bits per heavy atom. The van der Waals surface area contributed by atoms with Crippen LogP contribution < -0.4 is 0 Å². The summed E-state index contributed by atoms with van der Waals surface area (Å²) in [7, 11) is 0. The predicted octanol–water partition coefficient (Wildman–Crippen LogP) is 5.38. The molecule has 0 amide bonds. The van der Waals surface area contributed by atoms with E-state index in [4.69, 9.17) is 34.8 Å². The second-order valence-corrected chi connectivity index (χ2v) is 5.62. The topological polar surface area (TPSA) is 17.8 Å². The smallest absolute Gasteiger partial charge is 0.129 e. The Kier molecular flexibility index (Phi) is 3.63. The van der Waals surface area contributed by atoms with Gasteiger partial charge in [0.1, 0.15) is 5.82 Å². The van der Waals surface area contributed by atoms with Crippen LogP contribution in [0.2, 0.25) is 10.0 Å². The molecule has 0 aliphatic rings. The van der Waals surface area contributed by atoms with E-state index in [1.54, 1.807) is 6.07 Å². The molecule has 0 saturated carbocycles. The molecular weight excluding hydrogens is 315 g/mol. The maximum absolute atomic E-state index is 6.12. The standard InChI is InChI=1S/C15H11Cl3N2/c1-9-3-2-4-13-15(9)20(14(8-16)19-13)10-5-6-11(17)12(18)7-10/h2-7H,8H2,1H3. The van der Waals surface area contributed by atoms with Gasteiger partial charge < -0.3 is 0 Å². The number of hydrogen-bond donors (Lipinski definition) is 0. The SMILES string of the molecule is Cc1cccc2nc(CCl)n(-c3ccc(Cl)c(Cl)c3)c12. The average molecular weight is 326 g/mol. The summed E-state index contributed by atoms with van der Waals surface area (Å²) in [6.07, 6.45) is 0. The first-order valence-electron chi connectivity index (χ1n) is 6.10. The summed E-state index contributed by atoms with van der Waals surface area (Å²) in [5.41, 5.74) is 4.01. The molecule has 20 heavy (non-hydrogen) atoms. The van der Waals surface area contributed by atoms with Gasteiger partial charge in [0.2, 0.25) is 0 Å². The van der Waals surface area contributed by atoms with E-state index >= 15 is 0 Å². The monoisotopic (exact) mass is 324 g/mol. The number of aromatic nitrogens is 2. The number of benzene rings is 2. The molecule has 0 aliphatic heterocycles. The Balaban J connectivity index is 2.36. The molecule has 1 heterocycles. The van der Waals surface area contributed by atoms with E-state index < -0.39 is 0 Å². The van der Waals surface area contributed by atoms with Crippen molar-refractivity contribution >= 4 is 45.8 Å². The number of hydrogen-bond acceptors (Lipinski definition) is 1. The van der Waals surface area contributed by atoms with Gasteiger partial charge in [-0.2, -0.15) is 0 Å². The molecule has 0 aliphatic carbocycles. The molecule has 2 aromatic carbocycles. The third-order valence-corrected chi connectivity index (χ3v) is 4.21. The second kappa shape index (κ2) is 5.28. The van der Waals surface area contributed by atoms with Crippen molar-refractivity contribution in [1.29, 1.82) is 0 Å². The molecule has 102 valence electrons. The van der Waals surface area contributed by atoms with Gasteiger partial charge in [-0.25, -0.2) is 4.98 Å². The van der Waals surface area contributed by atoms with Crippen LogP contribution in [0.4, 0.5) is 0 Å². The molecule has 0 unspecified atom stereocenters. The van der Waals surface area contributed by atoms with Crippen LogP contribution in [0.25, 0.3) is 16.7 Å². The first-order chi connectivity index (χ1) is 9.61. The molecule has 0 radical (unpaired) electrons. The number of rotatable bonds is 2. The third kappa shape index (κ3) is 2.18. The molecule has 0 saturated heterocycles. The minimum Gasteiger partial charge on any atom is -0.295 e. The van der Waals surface area contributed by atoms with Gasteiger partial charge in [-0.15, -0.1) is 11.6 Å². The minimum atomic E-state index is 0.328. The molecule has 5 heteroatoms. The Morgan fingerprint density at radius 1 is 1.10 bits per heavy atom. The van der Waals surface area contributed by atoms with E-state index in [9.17, 15) is 0 Å². The molecule has 3 aromatic rings. The van der Waals surface area contributed by atoms with Crippen molar-refractivity contribution in [2.75, 3.05) is 0 Å². The number of fused-ring (bicyclic) bond motifs is 1. The summed E-state index contributed by atoms with van der Waals surface area (Å²) in [5, 5.41) is 1.05. The predicted molar refractivity (Wildman–Crippen MR) is 85.4 cm³/mol. The summed E-state index contributed by atoms with van der Waals surface area (Å²) in [6, 6.07) is 11.5. The van der Waals surface area contributed by atoms with Crippen LogP contribution in [-0.4, -0.2) is 9.55 Å². The van der Waals surface area contributed by atoms with Crippen molar-refractivity contribution in [2.45, 2.75) is 12.8 Å². The van der Waals surface area contributed by atoms with Crippen LogP contribution in [-0.2, 0) is 5.88 Å². The van der Waals surface area contributed by atoms with E-state index in [-0.39, 0.29) is 0 Å². The van der Waals surface area contributed by atoms with Crippen molar-refractivity contribution in [3.05, 3.63) is 57.8 Å². The van der Waals surface area contributed by atoms with Gasteiger partial charge in [-0.1, -0.05) is 35.3 Å². The van der Waals surface area contributed by atoms with E-state index in [1.165, 1.54) is 0 Å². The maximum Gasteiger partial charge on any atom is 0.129 e. The van der Waals surface area contributed by atoms with Crippen molar-refractivity contribution < 1.29 is 0 Å². The molecule has 0 atom stereocenters. The van der Waals surface area contributed by atoms with Crippen LogP contribution in [0.1, 0.15) is 11.4 Å². The lowest BCUT2D eigenvalue weighted by molar-refractivity contribution is 0.979. The molecule has 3 rings (SSSR count). The minimum absolute atomic E-state index is 0.328. The summed E-state index contributed by atoms with van der Waals surface area (Å²) >= 11 is 18.1. The number of nitrogens with zero attached hydrogens (tertiary/aromatic N) is 2. The lowest BCUT2D eigenvalue weighted by Crippen LogP contribution is -2.00. The van der Waals surface area contributed by atoms with Crippen molar-refractivity contribution in [3.63, 3.8) is 0 Å². The summed E-state index contributed by atoms with van der Waals surface area (Å²) < 4.78 is 2.03. The van der Waals surface area contributed by atoms with Crippen LogP contribution >= 0.6 is 34.8 Å². The Labute approximate surface area is 131 Å². The molecular formula is C15H11Cl3N2. The van der Waals surface area contributed by atoms with Gasteiger partial charge in [0.25, 0.3) is 0 Å². The van der Waals surface area contributed by atoms with E-state index in [2.05, 4.69) is 18.0 Å². The van der Waals surface area contributed by atoms with Crippen molar-refractivity contribution in [3.8, 4) is 5.69 Å². The number of halogens is 3. The van der Waals surface area contributed by atoms with Crippen molar-refractivity contribution in [2.24, 2.45) is 0 Å². The Hall–Kier alpha value is -1.22. The lowest BCUT2D eigenvalue weighted by Gasteiger charge is -2.10. The molecule has 0 bridgehead atoms. The van der Waals surface area contributed by atoms with Crippen LogP contribution in [0, 0.1) is 6.92 Å². The van der Waals surface area contributed by atoms with Crippen LogP contribution in [0.15, 0.2) is 36.4 Å². The highest BCUT2D eigenvalue weighted by atomic mass is 35.5. The zero-order valence-electron chi connectivity index (χ0n) is 10.7. The zero-order chi connectivity index (χ0) is 14.3. The Bertz CT molecular complexity index is 793. The van der Waals surface area contributed by atoms with E-state index in [1.807, 2.05) is 28.8 Å². The summed E-state index contributed by atoms with van der Waals surface area (Å²) in [5.74, 6) is 1.11. The molecule has 2 nitrogen and oxygen atoms in total. The van der Waals surface area contributed by atoms with Gasteiger partial charge in [-0.3, -0.25) is 4.57 Å². The molecule has 0 N–H and O–H groups in total. The quantitative estimate of drug-likeness (QED) is 0.578. The fourth-order valence-corrected chi connectivity index (χ4v) is 2.81. The van der Waals surface area contributed by atoms with Gasteiger partial charge in [0, 0.05) is 5.69 Å². The van der Waals surface area contributed by atoms with Crippen LogP contribution in [0.5, 0.6) is 0 Å². The maximum atomic E-state index is 6.12. The molecule has 0 fully saturated rings. The first-order valence-corrected chi connectivity index (χ1v) is 7.39. The zero-order valence-corrected chi connectivity index (χ0v) is 13.0. The van der Waals surface area contributed by atoms with Gasteiger partial charge in [-0.05, 0) is 36.8 Å².